The second-order valence-corrected chi connectivity index (χ2v) is 3.58. The number of rotatable bonds is 2. The van der Waals surface area contributed by atoms with Crippen LogP contribution in [0.5, 0.6) is 0 Å². The van der Waals surface area contributed by atoms with Crippen molar-refractivity contribution in [3.05, 3.63) is 29.3 Å². The average Bonchev–Trinajstić information content (AvgIpc) is 2.75. The first-order chi connectivity index (χ1) is 5.90. The highest BCUT2D eigenvalue weighted by atomic mass is 32.1. The van der Waals surface area contributed by atoms with Gasteiger partial charge in [0, 0.05) is 11.8 Å². The lowest BCUT2D eigenvalue weighted by Crippen LogP contribution is -1.70. The Labute approximate surface area is 79.6 Å². The van der Waals surface area contributed by atoms with Crippen molar-refractivity contribution in [1.29, 1.82) is 0 Å². The van der Waals surface area contributed by atoms with Crippen molar-refractivity contribution < 1.29 is 4.52 Å². The molecule has 2 nitrogen and oxygen atoms in total. The molecule has 0 aliphatic carbocycles. The SMILES string of the molecule is SCc1cc(-c2cccs2)on1. The van der Waals surface area contributed by atoms with Gasteiger partial charge in [-0.1, -0.05) is 11.2 Å². The summed E-state index contributed by atoms with van der Waals surface area (Å²) in [6, 6.07) is 5.91. The van der Waals surface area contributed by atoms with E-state index in [1.165, 1.54) is 0 Å². The highest BCUT2D eigenvalue weighted by molar-refractivity contribution is 7.79. The van der Waals surface area contributed by atoms with Crippen LogP contribution in [0.1, 0.15) is 5.69 Å². The standard InChI is InChI=1S/C8H7NOS2/c11-5-6-4-7(10-9-6)8-2-1-3-12-8/h1-4,11H,5H2. The summed E-state index contributed by atoms with van der Waals surface area (Å²) in [4.78, 5) is 1.11. The third kappa shape index (κ3) is 1.40. The molecule has 0 atom stereocenters. The minimum Gasteiger partial charge on any atom is -0.355 e. The molecule has 0 saturated heterocycles. The first-order valence-electron chi connectivity index (χ1n) is 3.50. The predicted octanol–water partition coefficient (Wildman–Crippen LogP) is 2.83. The van der Waals surface area contributed by atoms with Gasteiger partial charge in [0.2, 0.25) is 0 Å². The highest BCUT2D eigenvalue weighted by Crippen LogP contribution is 2.25. The lowest BCUT2D eigenvalue weighted by Gasteiger charge is -1.82. The van der Waals surface area contributed by atoms with E-state index >= 15 is 0 Å². The van der Waals surface area contributed by atoms with Crippen molar-refractivity contribution in [2.75, 3.05) is 0 Å². The molecule has 0 N–H and O–H groups in total. The molecular weight excluding hydrogens is 190 g/mol. The zero-order chi connectivity index (χ0) is 8.39. The van der Waals surface area contributed by atoms with Crippen LogP contribution in [0.25, 0.3) is 10.6 Å². The summed E-state index contributed by atoms with van der Waals surface area (Å²) in [5, 5.41) is 5.86. The predicted molar refractivity (Wildman–Crippen MR) is 52.5 cm³/mol. The van der Waals surface area contributed by atoms with Crippen molar-refractivity contribution >= 4 is 24.0 Å². The molecule has 4 heteroatoms. The van der Waals surface area contributed by atoms with Gasteiger partial charge in [-0.05, 0) is 11.4 Å². The Morgan fingerprint density at radius 2 is 2.50 bits per heavy atom. The molecule has 0 aromatic carbocycles. The van der Waals surface area contributed by atoms with E-state index in [1.807, 2.05) is 23.6 Å². The molecular formula is C8H7NOS2. The number of hydrogen-bond donors (Lipinski definition) is 1. The summed E-state index contributed by atoms with van der Waals surface area (Å²) in [7, 11) is 0. The zero-order valence-corrected chi connectivity index (χ0v) is 7.94. The van der Waals surface area contributed by atoms with Crippen LogP contribution in [0.15, 0.2) is 28.1 Å². The molecule has 0 aliphatic rings. The van der Waals surface area contributed by atoms with Gasteiger partial charge >= 0.3 is 0 Å². The third-order valence-electron chi connectivity index (χ3n) is 1.48. The highest BCUT2D eigenvalue weighted by Gasteiger charge is 2.05. The Bertz CT molecular complexity index is 353. The van der Waals surface area contributed by atoms with E-state index in [0.29, 0.717) is 5.75 Å². The van der Waals surface area contributed by atoms with Crippen molar-refractivity contribution in [3.63, 3.8) is 0 Å². The second-order valence-electron chi connectivity index (χ2n) is 2.32. The van der Waals surface area contributed by atoms with Crippen LogP contribution in [0.3, 0.4) is 0 Å². The summed E-state index contributed by atoms with van der Waals surface area (Å²) in [5.41, 5.74) is 0.877. The normalized spacial score (nSPS) is 10.4. The average molecular weight is 197 g/mol. The summed E-state index contributed by atoms with van der Waals surface area (Å²) < 4.78 is 5.11. The smallest absolute Gasteiger partial charge is 0.177 e. The maximum absolute atomic E-state index is 5.11. The maximum Gasteiger partial charge on any atom is 0.177 e. The van der Waals surface area contributed by atoms with Crippen LogP contribution in [-0.4, -0.2) is 5.16 Å². The lowest BCUT2D eigenvalue weighted by molar-refractivity contribution is 0.427. The monoisotopic (exact) mass is 197 g/mol. The number of thiophene rings is 1. The van der Waals surface area contributed by atoms with E-state index in [1.54, 1.807) is 11.3 Å². The molecule has 0 saturated carbocycles. The quantitative estimate of drug-likeness (QED) is 0.749. The summed E-state index contributed by atoms with van der Waals surface area (Å²) in [5.74, 6) is 1.45. The van der Waals surface area contributed by atoms with Gasteiger partial charge in [-0.15, -0.1) is 11.3 Å². The van der Waals surface area contributed by atoms with E-state index in [-0.39, 0.29) is 0 Å². The van der Waals surface area contributed by atoms with E-state index in [2.05, 4.69) is 17.8 Å². The van der Waals surface area contributed by atoms with Gasteiger partial charge in [0.25, 0.3) is 0 Å². The number of hydrogen-bond acceptors (Lipinski definition) is 4. The fourth-order valence-corrected chi connectivity index (χ4v) is 1.74. The minimum absolute atomic E-state index is 0.620. The second kappa shape index (κ2) is 3.33. The molecule has 2 aromatic heterocycles. The molecule has 0 spiro atoms. The molecule has 0 fully saturated rings. The van der Waals surface area contributed by atoms with Gasteiger partial charge in [-0.2, -0.15) is 12.6 Å². The summed E-state index contributed by atoms with van der Waals surface area (Å²) in [6.45, 7) is 0. The number of thiol groups is 1. The van der Waals surface area contributed by atoms with Crippen molar-refractivity contribution in [1.82, 2.24) is 5.16 Å². The van der Waals surface area contributed by atoms with Crippen LogP contribution in [0, 0.1) is 0 Å². The fraction of sp³-hybridized carbons (Fsp3) is 0.125. The topological polar surface area (TPSA) is 26.0 Å². The van der Waals surface area contributed by atoms with E-state index in [9.17, 15) is 0 Å². The van der Waals surface area contributed by atoms with E-state index < -0.39 is 0 Å². The summed E-state index contributed by atoms with van der Waals surface area (Å²) >= 11 is 5.74. The first-order valence-corrected chi connectivity index (χ1v) is 5.01. The maximum atomic E-state index is 5.11. The molecule has 2 rings (SSSR count). The van der Waals surface area contributed by atoms with Crippen molar-refractivity contribution in [3.8, 4) is 10.6 Å². The molecule has 2 heterocycles. The molecule has 0 unspecified atom stereocenters. The molecule has 0 radical (unpaired) electrons. The van der Waals surface area contributed by atoms with Gasteiger partial charge in [0.15, 0.2) is 5.76 Å². The number of nitrogens with zero attached hydrogens (tertiary/aromatic N) is 1. The molecule has 0 amide bonds. The fourth-order valence-electron chi connectivity index (χ4n) is 0.921. The first kappa shape index (κ1) is 7.89. The molecule has 0 aliphatic heterocycles. The van der Waals surface area contributed by atoms with E-state index in [0.717, 1.165) is 16.3 Å². The van der Waals surface area contributed by atoms with Gasteiger partial charge in [-0.25, -0.2) is 0 Å². The molecule has 62 valence electrons. The lowest BCUT2D eigenvalue weighted by atomic mass is 10.3. The largest absolute Gasteiger partial charge is 0.355 e. The Hall–Kier alpha value is -0.740. The molecule has 12 heavy (non-hydrogen) atoms. The van der Waals surface area contributed by atoms with Gasteiger partial charge < -0.3 is 4.52 Å². The van der Waals surface area contributed by atoms with Crippen molar-refractivity contribution in [2.45, 2.75) is 5.75 Å². The van der Waals surface area contributed by atoms with Gasteiger partial charge in [-0.3, -0.25) is 0 Å². The van der Waals surface area contributed by atoms with Crippen LogP contribution >= 0.6 is 24.0 Å². The third-order valence-corrected chi connectivity index (χ3v) is 2.69. The van der Waals surface area contributed by atoms with Gasteiger partial charge in [0.05, 0.1) is 10.6 Å². The van der Waals surface area contributed by atoms with E-state index in [4.69, 9.17) is 4.52 Å². The number of aromatic nitrogens is 1. The van der Waals surface area contributed by atoms with Crippen LogP contribution in [0.2, 0.25) is 0 Å². The Kier molecular flexibility index (Phi) is 2.19. The molecule has 2 aromatic rings. The van der Waals surface area contributed by atoms with Crippen LogP contribution < -0.4 is 0 Å². The van der Waals surface area contributed by atoms with Crippen LogP contribution in [0.4, 0.5) is 0 Å². The van der Waals surface area contributed by atoms with Gasteiger partial charge in [0.1, 0.15) is 0 Å². The zero-order valence-electron chi connectivity index (χ0n) is 6.23. The van der Waals surface area contributed by atoms with Crippen molar-refractivity contribution in [2.24, 2.45) is 0 Å². The Morgan fingerprint density at radius 1 is 1.58 bits per heavy atom. The summed E-state index contributed by atoms with van der Waals surface area (Å²) in [6.07, 6.45) is 0. The Morgan fingerprint density at radius 3 is 3.08 bits per heavy atom. The minimum atomic E-state index is 0.620. The van der Waals surface area contributed by atoms with Crippen LogP contribution in [-0.2, 0) is 5.75 Å². The molecule has 0 bridgehead atoms. The Balaban J connectivity index is 2.35.